The van der Waals surface area contributed by atoms with E-state index in [0.29, 0.717) is 25.2 Å². The van der Waals surface area contributed by atoms with Crippen LogP contribution in [0.3, 0.4) is 0 Å². The van der Waals surface area contributed by atoms with Gasteiger partial charge in [0.15, 0.2) is 5.96 Å². The highest BCUT2D eigenvalue weighted by atomic mass is 127. The van der Waals surface area contributed by atoms with E-state index in [1.54, 1.807) is 7.05 Å². The van der Waals surface area contributed by atoms with Gasteiger partial charge in [0, 0.05) is 38.8 Å². The molecule has 0 spiro atoms. The fourth-order valence-corrected chi connectivity index (χ4v) is 3.69. The summed E-state index contributed by atoms with van der Waals surface area (Å²) >= 11 is 0. The number of hydrogen-bond donors (Lipinski definition) is 2. The number of rotatable bonds is 5. The molecule has 2 aromatic rings. The SMILES string of the molecule is CN=C(NCc1ccc(C(=O)N2CC(C)OC(C)C2)cc1)NCc1ccccc1C.I. The number of guanidine groups is 1. The van der Waals surface area contributed by atoms with Crippen LogP contribution in [0.15, 0.2) is 53.5 Å². The van der Waals surface area contributed by atoms with E-state index in [0.717, 1.165) is 18.1 Å². The molecule has 1 aliphatic heterocycles. The fourth-order valence-electron chi connectivity index (χ4n) is 3.69. The number of halogens is 1. The summed E-state index contributed by atoms with van der Waals surface area (Å²) in [7, 11) is 1.76. The minimum atomic E-state index is 0. The predicted octanol–water partition coefficient (Wildman–Crippen LogP) is 3.73. The molecular weight excluding hydrogens is 503 g/mol. The summed E-state index contributed by atoms with van der Waals surface area (Å²) in [6, 6.07) is 16.1. The summed E-state index contributed by atoms with van der Waals surface area (Å²) in [5.74, 6) is 0.807. The molecule has 2 N–H and O–H groups in total. The third kappa shape index (κ3) is 7.21. The average Bonchev–Trinajstić information content (AvgIpc) is 2.74. The summed E-state index contributed by atoms with van der Waals surface area (Å²) in [6.07, 6.45) is 0.139. The van der Waals surface area contributed by atoms with Crippen LogP contribution < -0.4 is 10.6 Å². The minimum absolute atomic E-state index is 0. The molecular formula is C24H33IN4O2. The molecule has 31 heavy (non-hydrogen) atoms. The lowest BCUT2D eigenvalue weighted by atomic mass is 10.1. The first-order valence-electron chi connectivity index (χ1n) is 10.5. The summed E-state index contributed by atoms with van der Waals surface area (Å²) < 4.78 is 5.72. The Morgan fingerprint density at radius 3 is 2.26 bits per heavy atom. The van der Waals surface area contributed by atoms with Crippen LogP contribution in [0.5, 0.6) is 0 Å². The van der Waals surface area contributed by atoms with Crippen molar-refractivity contribution in [2.45, 2.75) is 46.1 Å². The first kappa shape index (κ1) is 25.1. The van der Waals surface area contributed by atoms with Crippen molar-refractivity contribution in [3.63, 3.8) is 0 Å². The number of carbonyl (C=O) groups is 1. The Kier molecular flexibility index (Phi) is 9.77. The highest BCUT2D eigenvalue weighted by Gasteiger charge is 2.26. The molecule has 1 amide bonds. The number of morpholine rings is 1. The van der Waals surface area contributed by atoms with Crippen molar-refractivity contribution in [2.24, 2.45) is 4.99 Å². The second-order valence-electron chi connectivity index (χ2n) is 7.87. The molecule has 0 saturated carbocycles. The van der Waals surface area contributed by atoms with E-state index in [1.165, 1.54) is 11.1 Å². The number of aliphatic imine (C=N–C) groups is 1. The summed E-state index contributed by atoms with van der Waals surface area (Å²) in [5.41, 5.74) is 4.30. The van der Waals surface area contributed by atoms with Gasteiger partial charge in [-0.3, -0.25) is 9.79 Å². The molecule has 1 saturated heterocycles. The number of benzene rings is 2. The van der Waals surface area contributed by atoms with Crippen molar-refractivity contribution in [1.29, 1.82) is 0 Å². The topological polar surface area (TPSA) is 66.0 Å². The molecule has 0 aliphatic carbocycles. The Hall–Kier alpha value is -2.13. The normalized spacial score (nSPS) is 18.8. The molecule has 0 aromatic heterocycles. The van der Waals surface area contributed by atoms with Crippen LogP contribution in [0.1, 0.15) is 40.9 Å². The first-order chi connectivity index (χ1) is 14.5. The van der Waals surface area contributed by atoms with Gasteiger partial charge < -0.3 is 20.3 Å². The number of carbonyl (C=O) groups excluding carboxylic acids is 1. The standard InChI is InChI=1S/C24H32N4O2.HI/c1-17-7-5-6-8-22(17)14-27-24(25-4)26-13-20-9-11-21(12-10-20)23(29)28-15-18(2)30-19(3)16-28;/h5-12,18-19H,13-16H2,1-4H3,(H2,25,26,27);1H. The van der Waals surface area contributed by atoms with Gasteiger partial charge >= 0.3 is 0 Å². The third-order valence-electron chi connectivity index (χ3n) is 5.30. The molecule has 3 rings (SSSR count). The van der Waals surface area contributed by atoms with E-state index in [2.05, 4.69) is 34.7 Å². The minimum Gasteiger partial charge on any atom is -0.372 e. The third-order valence-corrected chi connectivity index (χ3v) is 5.30. The van der Waals surface area contributed by atoms with Gasteiger partial charge in [-0.25, -0.2) is 0 Å². The molecule has 168 valence electrons. The quantitative estimate of drug-likeness (QED) is 0.348. The molecule has 2 unspecified atom stereocenters. The van der Waals surface area contributed by atoms with E-state index in [1.807, 2.05) is 55.1 Å². The number of amides is 1. The van der Waals surface area contributed by atoms with E-state index < -0.39 is 0 Å². The van der Waals surface area contributed by atoms with Gasteiger partial charge in [0.1, 0.15) is 0 Å². The molecule has 1 heterocycles. The lowest BCUT2D eigenvalue weighted by Gasteiger charge is -2.35. The maximum Gasteiger partial charge on any atom is 0.254 e. The summed E-state index contributed by atoms with van der Waals surface area (Å²) in [6.45, 7) is 8.73. The largest absolute Gasteiger partial charge is 0.372 e. The monoisotopic (exact) mass is 536 g/mol. The predicted molar refractivity (Wildman–Crippen MR) is 136 cm³/mol. The number of nitrogens with zero attached hydrogens (tertiary/aromatic N) is 2. The van der Waals surface area contributed by atoms with Crippen LogP contribution in [0.2, 0.25) is 0 Å². The summed E-state index contributed by atoms with van der Waals surface area (Å²) in [5, 5.41) is 6.67. The van der Waals surface area contributed by atoms with Gasteiger partial charge in [0.2, 0.25) is 0 Å². The molecule has 6 nitrogen and oxygen atoms in total. The van der Waals surface area contributed by atoms with E-state index in [-0.39, 0.29) is 42.1 Å². The van der Waals surface area contributed by atoms with Gasteiger partial charge in [-0.1, -0.05) is 36.4 Å². The molecule has 2 aromatic carbocycles. The Labute approximate surface area is 202 Å². The molecule has 1 aliphatic rings. The molecule has 2 atom stereocenters. The van der Waals surface area contributed by atoms with Gasteiger partial charge in [-0.05, 0) is 49.6 Å². The van der Waals surface area contributed by atoms with Crippen LogP contribution in [0.4, 0.5) is 0 Å². The lowest BCUT2D eigenvalue weighted by Crippen LogP contribution is -2.48. The zero-order valence-electron chi connectivity index (χ0n) is 18.7. The highest BCUT2D eigenvalue weighted by molar-refractivity contribution is 14.0. The molecule has 0 bridgehead atoms. The van der Waals surface area contributed by atoms with Crippen molar-refractivity contribution in [3.05, 3.63) is 70.8 Å². The van der Waals surface area contributed by atoms with Crippen molar-refractivity contribution in [1.82, 2.24) is 15.5 Å². The number of hydrogen-bond acceptors (Lipinski definition) is 3. The van der Waals surface area contributed by atoms with E-state index in [9.17, 15) is 4.79 Å². The second-order valence-corrected chi connectivity index (χ2v) is 7.87. The highest BCUT2D eigenvalue weighted by Crippen LogP contribution is 2.15. The van der Waals surface area contributed by atoms with Gasteiger partial charge in [0.05, 0.1) is 12.2 Å². The van der Waals surface area contributed by atoms with Crippen LogP contribution in [0.25, 0.3) is 0 Å². The Morgan fingerprint density at radius 2 is 1.65 bits per heavy atom. The second kappa shape index (κ2) is 12.0. The van der Waals surface area contributed by atoms with Crippen molar-refractivity contribution < 1.29 is 9.53 Å². The maximum atomic E-state index is 12.8. The maximum absolute atomic E-state index is 12.8. The van der Waals surface area contributed by atoms with Gasteiger partial charge in [-0.15, -0.1) is 24.0 Å². The number of ether oxygens (including phenoxy) is 1. The fraction of sp³-hybridized carbons (Fsp3) is 0.417. The molecule has 7 heteroatoms. The average molecular weight is 536 g/mol. The Balaban J connectivity index is 0.00000341. The van der Waals surface area contributed by atoms with Crippen LogP contribution in [-0.4, -0.2) is 49.1 Å². The van der Waals surface area contributed by atoms with Gasteiger partial charge in [0.25, 0.3) is 5.91 Å². The smallest absolute Gasteiger partial charge is 0.254 e. The van der Waals surface area contributed by atoms with Crippen molar-refractivity contribution in [2.75, 3.05) is 20.1 Å². The summed E-state index contributed by atoms with van der Waals surface area (Å²) in [4.78, 5) is 19.0. The van der Waals surface area contributed by atoms with Crippen LogP contribution in [0, 0.1) is 6.92 Å². The Morgan fingerprint density at radius 1 is 1.03 bits per heavy atom. The Bertz CT molecular complexity index is 875. The van der Waals surface area contributed by atoms with Crippen molar-refractivity contribution >= 4 is 35.8 Å². The zero-order valence-corrected chi connectivity index (χ0v) is 21.1. The molecule has 0 radical (unpaired) electrons. The number of nitrogens with one attached hydrogen (secondary N) is 2. The first-order valence-corrected chi connectivity index (χ1v) is 10.5. The van der Waals surface area contributed by atoms with Crippen molar-refractivity contribution in [3.8, 4) is 0 Å². The zero-order chi connectivity index (χ0) is 21.5. The van der Waals surface area contributed by atoms with Gasteiger partial charge in [-0.2, -0.15) is 0 Å². The lowest BCUT2D eigenvalue weighted by molar-refractivity contribution is -0.0586. The van der Waals surface area contributed by atoms with Crippen LogP contribution in [-0.2, 0) is 17.8 Å². The van der Waals surface area contributed by atoms with Crippen LogP contribution >= 0.6 is 24.0 Å². The van der Waals surface area contributed by atoms with E-state index >= 15 is 0 Å². The van der Waals surface area contributed by atoms with E-state index in [4.69, 9.17) is 4.74 Å². The molecule has 1 fully saturated rings. The number of aryl methyl sites for hydroxylation is 1.